The number of hydrogen-bond donors (Lipinski definition) is 2. The predicted octanol–water partition coefficient (Wildman–Crippen LogP) is 1.57. The number of alkyl halides is 1. The van der Waals surface area contributed by atoms with Gasteiger partial charge in [-0.1, -0.05) is 6.07 Å². The highest BCUT2D eigenvalue weighted by molar-refractivity contribution is 6.20. The predicted molar refractivity (Wildman–Crippen MR) is 60.3 cm³/mol. The van der Waals surface area contributed by atoms with E-state index < -0.39 is 5.38 Å². The van der Waals surface area contributed by atoms with Crippen LogP contribution in [0.3, 0.4) is 0 Å². The van der Waals surface area contributed by atoms with Gasteiger partial charge in [0.25, 0.3) is 0 Å². The van der Waals surface area contributed by atoms with E-state index in [-0.39, 0.29) is 36.1 Å². The van der Waals surface area contributed by atoms with E-state index in [9.17, 15) is 9.90 Å². The molecular weight excluding hydrogens is 232 g/mol. The van der Waals surface area contributed by atoms with Gasteiger partial charge >= 0.3 is 0 Å². The highest BCUT2D eigenvalue weighted by Gasteiger charge is 2.14. The van der Waals surface area contributed by atoms with E-state index in [1.165, 1.54) is 13.0 Å². The lowest BCUT2D eigenvalue weighted by atomic mass is 10.1. The van der Waals surface area contributed by atoms with Crippen LogP contribution in [0.4, 0.5) is 0 Å². The van der Waals surface area contributed by atoms with Crippen molar-refractivity contribution in [2.75, 3.05) is 13.2 Å². The summed E-state index contributed by atoms with van der Waals surface area (Å²) in [5.41, 5.74) is 0.129. The molecule has 1 aromatic carbocycles. The Morgan fingerprint density at radius 1 is 1.56 bits per heavy atom. The number of carbonyl (C=O) groups excluding carboxylic acids is 1. The van der Waals surface area contributed by atoms with Crippen molar-refractivity contribution in [3.05, 3.63) is 23.8 Å². The molecule has 0 saturated heterocycles. The number of aliphatic hydroxyl groups is 1. The molecule has 88 valence electrons. The minimum atomic E-state index is -0.540. The smallest absolute Gasteiger partial charge is 0.167 e. The topological polar surface area (TPSA) is 66.8 Å². The number of aromatic hydroxyl groups is 1. The quantitative estimate of drug-likeness (QED) is 0.610. The van der Waals surface area contributed by atoms with Crippen LogP contribution < -0.4 is 4.74 Å². The minimum Gasteiger partial charge on any atom is -0.507 e. The second-order valence-electron chi connectivity index (χ2n) is 3.30. The molecule has 0 amide bonds. The Labute approximate surface area is 98.4 Å². The molecule has 2 N–H and O–H groups in total. The number of ether oxygens (including phenoxy) is 1. The van der Waals surface area contributed by atoms with E-state index in [2.05, 4.69) is 0 Å². The van der Waals surface area contributed by atoms with Crippen molar-refractivity contribution in [2.24, 2.45) is 0 Å². The molecule has 0 saturated carbocycles. The van der Waals surface area contributed by atoms with Gasteiger partial charge in [0.15, 0.2) is 5.78 Å². The first-order valence-corrected chi connectivity index (χ1v) is 5.20. The summed E-state index contributed by atoms with van der Waals surface area (Å²) in [7, 11) is 0. The maximum Gasteiger partial charge on any atom is 0.167 e. The van der Waals surface area contributed by atoms with Crippen LogP contribution in [0.15, 0.2) is 18.2 Å². The summed E-state index contributed by atoms with van der Waals surface area (Å²) < 4.78 is 5.26. The van der Waals surface area contributed by atoms with Crippen LogP contribution in [0, 0.1) is 0 Å². The lowest BCUT2D eigenvalue weighted by Crippen LogP contribution is -2.16. The van der Waals surface area contributed by atoms with Crippen LogP contribution >= 0.6 is 11.6 Å². The van der Waals surface area contributed by atoms with E-state index in [0.29, 0.717) is 0 Å². The number of benzene rings is 1. The molecule has 1 aromatic rings. The van der Waals surface area contributed by atoms with Gasteiger partial charge in [0.05, 0.1) is 12.0 Å². The fourth-order valence-electron chi connectivity index (χ4n) is 1.23. The molecular formula is C11H13ClO4. The lowest BCUT2D eigenvalue weighted by Gasteiger charge is -2.12. The Morgan fingerprint density at radius 2 is 2.25 bits per heavy atom. The molecule has 5 heteroatoms. The minimum absolute atomic E-state index is 0.0712. The summed E-state index contributed by atoms with van der Waals surface area (Å²) in [6.45, 7) is 1.20. The molecule has 0 bridgehead atoms. The molecule has 1 rings (SSSR count). The highest BCUT2D eigenvalue weighted by Crippen LogP contribution is 2.28. The van der Waals surface area contributed by atoms with Crippen molar-refractivity contribution < 1.29 is 19.7 Å². The number of rotatable bonds is 5. The average molecular weight is 245 g/mol. The standard InChI is InChI=1S/C11H13ClO4/c1-7(14)11-9(15)3-2-4-10(11)16-6-8(12)5-13/h2-4,8,13,15H,5-6H2,1H3. The first kappa shape index (κ1) is 12.8. The number of aliphatic hydroxyl groups excluding tert-OH is 1. The molecule has 0 fully saturated rings. The lowest BCUT2D eigenvalue weighted by molar-refractivity contribution is 0.101. The summed E-state index contributed by atoms with van der Waals surface area (Å²) in [6.07, 6.45) is 0. The van der Waals surface area contributed by atoms with E-state index in [1.807, 2.05) is 0 Å². The Balaban J connectivity index is 2.87. The van der Waals surface area contributed by atoms with Gasteiger partial charge in [-0.05, 0) is 19.1 Å². The van der Waals surface area contributed by atoms with Gasteiger partial charge in [-0.25, -0.2) is 0 Å². The summed E-state index contributed by atoms with van der Waals surface area (Å²) in [6, 6.07) is 4.55. The maximum absolute atomic E-state index is 11.3. The third-order valence-electron chi connectivity index (χ3n) is 1.97. The van der Waals surface area contributed by atoms with Crippen molar-refractivity contribution in [3.63, 3.8) is 0 Å². The van der Waals surface area contributed by atoms with Gasteiger partial charge in [0.2, 0.25) is 0 Å². The van der Waals surface area contributed by atoms with Crippen molar-refractivity contribution in [2.45, 2.75) is 12.3 Å². The van der Waals surface area contributed by atoms with Gasteiger partial charge in [-0.3, -0.25) is 4.79 Å². The summed E-state index contributed by atoms with van der Waals surface area (Å²) in [4.78, 5) is 11.3. The Bertz CT molecular complexity index is 378. The first-order chi connectivity index (χ1) is 7.56. The number of halogens is 1. The van der Waals surface area contributed by atoms with Gasteiger partial charge in [-0.15, -0.1) is 11.6 Å². The third kappa shape index (κ3) is 3.12. The number of ketones is 1. The van der Waals surface area contributed by atoms with Crippen LogP contribution in [0.25, 0.3) is 0 Å². The molecule has 1 atom stereocenters. The van der Waals surface area contributed by atoms with Crippen LogP contribution in [0.2, 0.25) is 0 Å². The van der Waals surface area contributed by atoms with Crippen LogP contribution in [-0.4, -0.2) is 34.6 Å². The Morgan fingerprint density at radius 3 is 2.81 bits per heavy atom. The van der Waals surface area contributed by atoms with E-state index in [0.717, 1.165) is 0 Å². The number of carbonyl (C=O) groups is 1. The van der Waals surface area contributed by atoms with Crippen molar-refractivity contribution in [1.29, 1.82) is 0 Å². The maximum atomic E-state index is 11.3. The SMILES string of the molecule is CC(=O)c1c(O)cccc1OCC(Cl)CO. The molecule has 0 aliphatic rings. The van der Waals surface area contributed by atoms with Crippen molar-refractivity contribution in [1.82, 2.24) is 0 Å². The first-order valence-electron chi connectivity index (χ1n) is 4.77. The summed E-state index contributed by atoms with van der Waals surface area (Å²) in [5.74, 6) is -0.144. The van der Waals surface area contributed by atoms with E-state index in [1.54, 1.807) is 12.1 Å². The fraction of sp³-hybridized carbons (Fsp3) is 0.364. The number of Topliss-reactive ketones (excluding diaryl/α,β-unsaturated/α-hetero) is 1. The van der Waals surface area contributed by atoms with E-state index in [4.69, 9.17) is 21.4 Å². The third-order valence-corrected chi connectivity index (χ3v) is 2.24. The molecule has 0 aliphatic carbocycles. The van der Waals surface area contributed by atoms with Crippen molar-refractivity contribution >= 4 is 17.4 Å². The second kappa shape index (κ2) is 5.72. The van der Waals surface area contributed by atoms with E-state index >= 15 is 0 Å². The van der Waals surface area contributed by atoms with Gasteiger partial charge < -0.3 is 14.9 Å². The highest BCUT2D eigenvalue weighted by atomic mass is 35.5. The monoisotopic (exact) mass is 244 g/mol. The second-order valence-corrected chi connectivity index (χ2v) is 3.91. The molecule has 0 radical (unpaired) electrons. The van der Waals surface area contributed by atoms with Gasteiger partial charge in [0, 0.05) is 0 Å². The summed E-state index contributed by atoms with van der Waals surface area (Å²) in [5, 5.41) is 17.7. The Hall–Kier alpha value is -1.26. The molecule has 0 heterocycles. The molecule has 4 nitrogen and oxygen atoms in total. The molecule has 0 spiro atoms. The van der Waals surface area contributed by atoms with Crippen LogP contribution in [0.1, 0.15) is 17.3 Å². The van der Waals surface area contributed by atoms with Gasteiger partial charge in [0.1, 0.15) is 23.7 Å². The molecule has 16 heavy (non-hydrogen) atoms. The van der Waals surface area contributed by atoms with Crippen LogP contribution in [-0.2, 0) is 0 Å². The molecule has 1 unspecified atom stereocenters. The average Bonchev–Trinajstić information content (AvgIpc) is 2.25. The Kier molecular flexibility index (Phi) is 4.58. The molecule has 0 aliphatic heterocycles. The molecule has 0 aromatic heterocycles. The van der Waals surface area contributed by atoms with Crippen molar-refractivity contribution in [3.8, 4) is 11.5 Å². The summed E-state index contributed by atoms with van der Waals surface area (Å²) >= 11 is 5.66. The fourth-order valence-corrected chi connectivity index (χ4v) is 1.29. The zero-order valence-corrected chi connectivity index (χ0v) is 9.57. The number of hydrogen-bond acceptors (Lipinski definition) is 4. The normalized spacial score (nSPS) is 12.2. The number of phenolic OH excluding ortho intramolecular Hbond substituents is 1. The number of phenols is 1. The zero-order chi connectivity index (χ0) is 12.1. The van der Waals surface area contributed by atoms with Gasteiger partial charge in [-0.2, -0.15) is 0 Å². The largest absolute Gasteiger partial charge is 0.507 e. The zero-order valence-electron chi connectivity index (χ0n) is 8.81. The van der Waals surface area contributed by atoms with Crippen LogP contribution in [0.5, 0.6) is 11.5 Å².